The van der Waals surface area contributed by atoms with Gasteiger partial charge in [0, 0.05) is 23.6 Å². The van der Waals surface area contributed by atoms with Gasteiger partial charge in [-0.15, -0.1) is 0 Å². The van der Waals surface area contributed by atoms with Crippen LogP contribution in [0.15, 0.2) is 65.7 Å². The summed E-state index contributed by atoms with van der Waals surface area (Å²) in [6.07, 6.45) is 4.43. The second-order valence-corrected chi connectivity index (χ2v) is 10.1. The summed E-state index contributed by atoms with van der Waals surface area (Å²) in [6.45, 7) is 10.8. The van der Waals surface area contributed by atoms with E-state index in [0.717, 1.165) is 54.5 Å². The third-order valence-electron chi connectivity index (χ3n) is 6.39. The molecule has 0 unspecified atom stereocenters. The molecule has 0 radical (unpaired) electrons. The van der Waals surface area contributed by atoms with E-state index in [1.807, 2.05) is 24.3 Å². The fraction of sp³-hybridized carbons (Fsp3) is 0.464. The molecule has 0 fully saturated rings. The molecule has 0 bridgehead atoms. The molecule has 0 amide bonds. The molecule has 1 aliphatic heterocycles. The van der Waals surface area contributed by atoms with Crippen molar-refractivity contribution in [1.82, 2.24) is 0 Å². The average molecular weight is 420 g/mol. The highest BCUT2D eigenvalue weighted by Crippen LogP contribution is 2.47. The Morgan fingerprint density at radius 1 is 1.06 bits per heavy atom. The summed E-state index contributed by atoms with van der Waals surface area (Å²) >= 11 is 0. The van der Waals surface area contributed by atoms with Gasteiger partial charge in [-0.1, -0.05) is 82.2 Å². The first-order valence-corrected chi connectivity index (χ1v) is 11.5. The number of carbonyl (C=O) groups excluding carboxylic acids is 1. The minimum Gasteiger partial charge on any atom is -0.455 e. The van der Waals surface area contributed by atoms with Gasteiger partial charge in [-0.25, -0.2) is 4.79 Å². The highest BCUT2D eigenvalue weighted by Gasteiger charge is 2.44. The number of nitrogens with two attached hydrogens (primary N) is 1. The molecule has 0 saturated heterocycles. The predicted molar refractivity (Wildman–Crippen MR) is 129 cm³/mol. The summed E-state index contributed by atoms with van der Waals surface area (Å²) in [6, 6.07) is 18.4. The lowest BCUT2D eigenvalue weighted by atomic mass is 9.69. The predicted octanol–water partition coefficient (Wildman–Crippen LogP) is 6.83. The lowest BCUT2D eigenvalue weighted by Gasteiger charge is -2.42. The van der Waals surface area contributed by atoms with E-state index < -0.39 is 5.60 Å². The molecule has 166 valence electrons. The van der Waals surface area contributed by atoms with Gasteiger partial charge in [0.1, 0.15) is 5.60 Å². The number of hydrogen-bond acceptors (Lipinski definition) is 3. The van der Waals surface area contributed by atoms with Gasteiger partial charge in [-0.05, 0) is 54.9 Å². The van der Waals surface area contributed by atoms with Crippen LogP contribution in [0, 0.1) is 5.41 Å². The first kappa shape index (κ1) is 23.1. The van der Waals surface area contributed by atoms with Crippen LogP contribution < -0.4 is 5.73 Å². The molecular formula is C28H37NO2. The van der Waals surface area contributed by atoms with E-state index in [0.29, 0.717) is 0 Å². The molecule has 31 heavy (non-hydrogen) atoms. The lowest BCUT2D eigenvalue weighted by molar-refractivity contribution is -0.160. The minimum absolute atomic E-state index is 0.0581. The number of cyclic esters (lactones) is 1. The SMILES string of the molecule is CCC[C@@]1(CCc2ccccc2)CC(C)=C([C@@H](c2cccc(N)c2)C(C)(C)C)C(=O)O1. The average Bonchev–Trinajstić information content (AvgIpc) is 2.69. The maximum atomic E-state index is 13.5. The molecule has 2 aromatic rings. The number of aryl methyl sites for hydroxylation is 1. The third kappa shape index (κ3) is 5.39. The first-order chi connectivity index (χ1) is 14.6. The zero-order valence-corrected chi connectivity index (χ0v) is 19.7. The van der Waals surface area contributed by atoms with Crippen LogP contribution >= 0.6 is 0 Å². The van der Waals surface area contributed by atoms with Crippen molar-refractivity contribution in [3.05, 3.63) is 76.9 Å². The van der Waals surface area contributed by atoms with Gasteiger partial charge in [-0.2, -0.15) is 0 Å². The normalized spacial score (nSPS) is 20.5. The van der Waals surface area contributed by atoms with Gasteiger partial charge >= 0.3 is 5.97 Å². The maximum Gasteiger partial charge on any atom is 0.335 e. The van der Waals surface area contributed by atoms with Crippen molar-refractivity contribution in [1.29, 1.82) is 0 Å². The zero-order valence-electron chi connectivity index (χ0n) is 19.7. The number of benzene rings is 2. The largest absolute Gasteiger partial charge is 0.455 e. The van der Waals surface area contributed by atoms with E-state index in [2.05, 4.69) is 65.0 Å². The monoisotopic (exact) mass is 419 g/mol. The molecule has 1 heterocycles. The van der Waals surface area contributed by atoms with E-state index in [-0.39, 0.29) is 17.3 Å². The Morgan fingerprint density at radius 2 is 1.77 bits per heavy atom. The molecule has 1 aliphatic rings. The molecule has 2 N–H and O–H groups in total. The van der Waals surface area contributed by atoms with E-state index in [1.54, 1.807) is 0 Å². The second kappa shape index (κ2) is 9.30. The van der Waals surface area contributed by atoms with E-state index in [1.165, 1.54) is 5.56 Å². The minimum atomic E-state index is -0.423. The van der Waals surface area contributed by atoms with Crippen LogP contribution in [0.2, 0.25) is 0 Å². The van der Waals surface area contributed by atoms with Crippen LogP contribution in [0.4, 0.5) is 5.69 Å². The highest BCUT2D eigenvalue weighted by atomic mass is 16.6. The molecule has 3 nitrogen and oxygen atoms in total. The van der Waals surface area contributed by atoms with Crippen LogP contribution in [-0.2, 0) is 16.0 Å². The first-order valence-electron chi connectivity index (χ1n) is 11.5. The van der Waals surface area contributed by atoms with Crippen molar-refractivity contribution < 1.29 is 9.53 Å². The molecule has 3 rings (SSSR count). The molecular weight excluding hydrogens is 382 g/mol. The summed E-state index contributed by atoms with van der Waals surface area (Å²) in [5, 5.41) is 0. The molecule has 0 spiro atoms. The fourth-order valence-electron chi connectivity index (χ4n) is 5.12. The van der Waals surface area contributed by atoms with Gasteiger partial charge < -0.3 is 10.5 Å². The zero-order chi connectivity index (χ0) is 22.6. The quantitative estimate of drug-likeness (QED) is 0.395. The molecule has 0 aromatic heterocycles. The Kier molecular flexibility index (Phi) is 6.93. The van der Waals surface area contributed by atoms with Crippen molar-refractivity contribution >= 4 is 11.7 Å². The van der Waals surface area contributed by atoms with Gasteiger partial charge in [0.25, 0.3) is 0 Å². The standard InChI is InChI=1S/C28H37NO2/c1-6-16-28(17-15-21-11-8-7-9-12-21)19-20(2)24(26(30)31-28)25(27(3,4)5)22-13-10-14-23(29)18-22/h7-14,18,25H,6,15-17,19,29H2,1-5H3/t25-,28-/m1/s1. The third-order valence-corrected chi connectivity index (χ3v) is 6.39. The fourth-order valence-corrected chi connectivity index (χ4v) is 5.12. The number of esters is 1. The van der Waals surface area contributed by atoms with Crippen LogP contribution in [0.25, 0.3) is 0 Å². The molecule has 2 aromatic carbocycles. The topological polar surface area (TPSA) is 52.3 Å². The Hall–Kier alpha value is -2.55. The van der Waals surface area contributed by atoms with Crippen molar-refractivity contribution in [2.24, 2.45) is 5.41 Å². The number of nitrogen functional groups attached to an aromatic ring is 1. The summed E-state index contributed by atoms with van der Waals surface area (Å²) in [5.74, 6) is -0.218. The maximum absolute atomic E-state index is 13.5. The highest BCUT2D eigenvalue weighted by molar-refractivity contribution is 5.92. The summed E-state index contributed by atoms with van der Waals surface area (Å²) in [7, 11) is 0. The van der Waals surface area contributed by atoms with Crippen molar-refractivity contribution in [3.8, 4) is 0 Å². The van der Waals surface area contributed by atoms with Crippen LogP contribution in [0.5, 0.6) is 0 Å². The van der Waals surface area contributed by atoms with Gasteiger partial charge in [0.2, 0.25) is 0 Å². The molecule has 3 heteroatoms. The Balaban J connectivity index is 1.96. The number of rotatable bonds is 7. The smallest absolute Gasteiger partial charge is 0.335 e. The Labute approximate surface area is 187 Å². The summed E-state index contributed by atoms with van der Waals surface area (Å²) in [4.78, 5) is 13.5. The number of ether oxygens (including phenoxy) is 1. The molecule has 0 saturated carbocycles. The number of anilines is 1. The Morgan fingerprint density at radius 3 is 2.35 bits per heavy atom. The van der Waals surface area contributed by atoms with Crippen molar-refractivity contribution in [3.63, 3.8) is 0 Å². The summed E-state index contributed by atoms with van der Waals surface area (Å²) in [5.41, 5.74) is 10.6. The number of hydrogen-bond donors (Lipinski definition) is 1. The summed E-state index contributed by atoms with van der Waals surface area (Å²) < 4.78 is 6.32. The van der Waals surface area contributed by atoms with Gasteiger partial charge in [0.15, 0.2) is 0 Å². The van der Waals surface area contributed by atoms with Crippen molar-refractivity contribution in [2.75, 3.05) is 5.73 Å². The van der Waals surface area contributed by atoms with E-state index in [4.69, 9.17) is 10.5 Å². The van der Waals surface area contributed by atoms with Gasteiger partial charge in [0.05, 0.1) is 0 Å². The van der Waals surface area contributed by atoms with E-state index in [9.17, 15) is 4.79 Å². The second-order valence-electron chi connectivity index (χ2n) is 10.1. The van der Waals surface area contributed by atoms with Crippen LogP contribution in [-0.4, -0.2) is 11.6 Å². The van der Waals surface area contributed by atoms with Gasteiger partial charge in [-0.3, -0.25) is 0 Å². The van der Waals surface area contributed by atoms with Crippen LogP contribution in [0.3, 0.4) is 0 Å². The Bertz CT molecular complexity index is 939. The van der Waals surface area contributed by atoms with Crippen LogP contribution in [0.1, 0.15) is 77.3 Å². The number of carbonyl (C=O) groups is 1. The van der Waals surface area contributed by atoms with Crippen molar-refractivity contribution in [2.45, 2.75) is 78.2 Å². The molecule has 2 atom stereocenters. The van der Waals surface area contributed by atoms with E-state index >= 15 is 0 Å². The molecule has 0 aliphatic carbocycles. The lowest BCUT2D eigenvalue weighted by Crippen LogP contribution is -2.42.